The van der Waals surface area contributed by atoms with E-state index in [1.54, 1.807) is 0 Å². The summed E-state index contributed by atoms with van der Waals surface area (Å²) in [6.07, 6.45) is 0. The topological polar surface area (TPSA) is 29.1 Å². The minimum atomic E-state index is -2.99. The summed E-state index contributed by atoms with van der Waals surface area (Å²) in [5.74, 6) is 0. The van der Waals surface area contributed by atoms with Crippen molar-refractivity contribution in [1.82, 2.24) is 5.09 Å². The van der Waals surface area contributed by atoms with Crippen molar-refractivity contribution in [3.8, 4) is 0 Å². The van der Waals surface area contributed by atoms with E-state index < -0.39 is 7.29 Å². The molecule has 0 radical (unpaired) electrons. The fourth-order valence-corrected chi connectivity index (χ4v) is 6.61. The Balaban J connectivity index is 2.14. The summed E-state index contributed by atoms with van der Waals surface area (Å²) in [6.45, 7) is 8.26. The van der Waals surface area contributed by atoms with Crippen LogP contribution in [0, 0.1) is 20.8 Å². The molecule has 0 amide bonds. The minimum absolute atomic E-state index is 0.0256. The van der Waals surface area contributed by atoms with Gasteiger partial charge in [-0.15, -0.1) is 0 Å². The average Bonchev–Trinajstić information content (AvgIpc) is 2.62. The number of benzene rings is 3. The van der Waals surface area contributed by atoms with Crippen LogP contribution < -0.4 is 15.7 Å². The molecule has 3 rings (SSSR count). The lowest BCUT2D eigenvalue weighted by Gasteiger charge is -2.28. The molecule has 0 saturated heterocycles. The molecule has 0 aliphatic carbocycles. The summed E-state index contributed by atoms with van der Waals surface area (Å²) in [5, 5.41) is 5.27. The Morgan fingerprint density at radius 1 is 0.808 bits per heavy atom. The Labute approximate surface area is 156 Å². The van der Waals surface area contributed by atoms with Crippen molar-refractivity contribution >= 4 is 17.9 Å². The van der Waals surface area contributed by atoms with Crippen LogP contribution in [0.1, 0.15) is 35.2 Å². The molecule has 134 valence electrons. The molecule has 0 aromatic heterocycles. The maximum absolute atomic E-state index is 14.4. The van der Waals surface area contributed by atoms with Crippen LogP contribution in [0.4, 0.5) is 0 Å². The average molecular weight is 363 g/mol. The number of nitrogens with one attached hydrogen (secondary N) is 1. The van der Waals surface area contributed by atoms with Crippen molar-refractivity contribution in [3.63, 3.8) is 0 Å². The molecule has 3 aromatic carbocycles. The zero-order chi connectivity index (χ0) is 18.7. The van der Waals surface area contributed by atoms with Crippen molar-refractivity contribution in [2.24, 2.45) is 0 Å². The fraction of sp³-hybridized carbons (Fsp3) is 0.217. The lowest BCUT2D eigenvalue weighted by atomic mass is 10.1. The van der Waals surface area contributed by atoms with Gasteiger partial charge in [-0.2, -0.15) is 0 Å². The van der Waals surface area contributed by atoms with Gasteiger partial charge in [-0.3, -0.25) is 9.65 Å². The van der Waals surface area contributed by atoms with Crippen LogP contribution in [0.3, 0.4) is 0 Å². The van der Waals surface area contributed by atoms with Crippen LogP contribution in [0.15, 0.2) is 72.8 Å². The molecule has 0 aliphatic heterocycles. The standard InChI is InChI=1S/C23H26NOP/c1-17-15-18(2)23(19(3)16-17)26(25,22-13-9-6-10-14-22)24-20(4)21-11-7-5-8-12-21/h5-16,20H,1-4H3,(H,24,25)/t20-,26-/m1/s1. The molecule has 0 aliphatic rings. The Bertz CT molecular complexity index is 912. The molecule has 26 heavy (non-hydrogen) atoms. The third-order valence-corrected chi connectivity index (χ3v) is 7.86. The summed E-state index contributed by atoms with van der Waals surface area (Å²) >= 11 is 0. The molecule has 0 heterocycles. The third-order valence-electron chi connectivity index (χ3n) is 4.75. The van der Waals surface area contributed by atoms with Gasteiger partial charge >= 0.3 is 0 Å². The Morgan fingerprint density at radius 2 is 1.31 bits per heavy atom. The van der Waals surface area contributed by atoms with Gasteiger partial charge in [0.25, 0.3) is 0 Å². The number of hydrogen-bond donors (Lipinski definition) is 1. The van der Waals surface area contributed by atoms with Crippen LogP contribution >= 0.6 is 7.29 Å². The molecular weight excluding hydrogens is 337 g/mol. The van der Waals surface area contributed by atoms with E-state index >= 15 is 0 Å². The van der Waals surface area contributed by atoms with E-state index in [1.165, 1.54) is 5.56 Å². The van der Waals surface area contributed by atoms with Gasteiger partial charge in [0.15, 0.2) is 0 Å². The molecule has 0 saturated carbocycles. The summed E-state index contributed by atoms with van der Waals surface area (Å²) in [5.41, 5.74) is 4.47. The molecule has 1 N–H and O–H groups in total. The maximum atomic E-state index is 14.4. The lowest BCUT2D eigenvalue weighted by molar-refractivity contribution is 0.568. The highest BCUT2D eigenvalue weighted by Gasteiger charge is 2.32. The normalized spacial score (nSPS) is 14.6. The van der Waals surface area contributed by atoms with E-state index in [-0.39, 0.29) is 6.04 Å². The molecule has 0 fully saturated rings. The second-order valence-electron chi connectivity index (χ2n) is 6.95. The first-order valence-corrected chi connectivity index (χ1v) is 10.7. The van der Waals surface area contributed by atoms with Crippen LogP contribution in [-0.4, -0.2) is 0 Å². The molecule has 3 aromatic rings. The zero-order valence-corrected chi connectivity index (χ0v) is 16.8. The van der Waals surface area contributed by atoms with E-state index in [0.717, 1.165) is 27.3 Å². The molecule has 3 heteroatoms. The monoisotopic (exact) mass is 363 g/mol. The molecule has 0 spiro atoms. The highest BCUT2D eigenvalue weighted by Crippen LogP contribution is 2.43. The fourth-order valence-electron chi connectivity index (χ4n) is 3.66. The summed E-state index contributed by atoms with van der Waals surface area (Å²) in [6, 6.07) is 24.2. The van der Waals surface area contributed by atoms with E-state index in [4.69, 9.17) is 0 Å². The van der Waals surface area contributed by atoms with Gasteiger partial charge in [-0.25, -0.2) is 0 Å². The predicted molar refractivity (Wildman–Crippen MR) is 112 cm³/mol. The predicted octanol–water partition coefficient (Wildman–Crippen LogP) is 5.19. The van der Waals surface area contributed by atoms with Crippen molar-refractivity contribution in [2.45, 2.75) is 33.7 Å². The first kappa shape index (κ1) is 18.6. The summed E-state index contributed by atoms with van der Waals surface area (Å²) in [4.78, 5) is 0. The SMILES string of the molecule is Cc1cc(C)c([P@@](=O)(N[C@H](C)c2ccccc2)c2ccccc2)c(C)c1. The molecule has 0 bridgehead atoms. The first-order chi connectivity index (χ1) is 12.4. The quantitative estimate of drug-likeness (QED) is 0.632. The van der Waals surface area contributed by atoms with Crippen LogP contribution in [0.25, 0.3) is 0 Å². The molecule has 2 nitrogen and oxygen atoms in total. The van der Waals surface area contributed by atoms with Gasteiger partial charge in [-0.05, 0) is 56.5 Å². The van der Waals surface area contributed by atoms with E-state index in [0.29, 0.717) is 0 Å². The van der Waals surface area contributed by atoms with Gasteiger partial charge in [0.1, 0.15) is 0 Å². The van der Waals surface area contributed by atoms with Crippen molar-refractivity contribution in [1.29, 1.82) is 0 Å². The van der Waals surface area contributed by atoms with Gasteiger partial charge in [-0.1, -0.05) is 66.2 Å². The molecular formula is C23H26NOP. The smallest absolute Gasteiger partial charge is 0.205 e. The van der Waals surface area contributed by atoms with Gasteiger partial charge < -0.3 is 0 Å². The van der Waals surface area contributed by atoms with Gasteiger partial charge in [0.05, 0.1) is 0 Å². The largest absolute Gasteiger partial charge is 0.296 e. The first-order valence-electron chi connectivity index (χ1n) is 8.98. The number of rotatable bonds is 5. The van der Waals surface area contributed by atoms with Crippen molar-refractivity contribution in [2.75, 3.05) is 0 Å². The Kier molecular flexibility index (Phi) is 5.46. The highest BCUT2D eigenvalue weighted by atomic mass is 31.2. The number of aryl methyl sites for hydroxylation is 3. The summed E-state index contributed by atoms with van der Waals surface area (Å²) in [7, 11) is -2.99. The summed E-state index contributed by atoms with van der Waals surface area (Å²) < 4.78 is 14.4. The van der Waals surface area contributed by atoms with Crippen LogP contribution in [-0.2, 0) is 4.57 Å². The maximum Gasteiger partial charge on any atom is 0.205 e. The van der Waals surface area contributed by atoms with Gasteiger partial charge in [0, 0.05) is 16.7 Å². The second-order valence-corrected chi connectivity index (χ2v) is 9.39. The van der Waals surface area contributed by atoms with Crippen molar-refractivity contribution in [3.05, 3.63) is 95.1 Å². The molecule has 0 unspecified atom stereocenters. The van der Waals surface area contributed by atoms with Gasteiger partial charge in [0.2, 0.25) is 7.29 Å². The lowest BCUT2D eigenvalue weighted by Crippen LogP contribution is -2.32. The molecule has 2 atom stereocenters. The van der Waals surface area contributed by atoms with Crippen LogP contribution in [0.5, 0.6) is 0 Å². The van der Waals surface area contributed by atoms with Crippen molar-refractivity contribution < 1.29 is 4.57 Å². The third kappa shape index (κ3) is 3.67. The Morgan fingerprint density at radius 3 is 1.85 bits per heavy atom. The van der Waals surface area contributed by atoms with E-state index in [2.05, 4.69) is 57.0 Å². The highest BCUT2D eigenvalue weighted by molar-refractivity contribution is 7.77. The van der Waals surface area contributed by atoms with Crippen LogP contribution in [0.2, 0.25) is 0 Å². The van der Waals surface area contributed by atoms with E-state index in [9.17, 15) is 4.57 Å². The minimum Gasteiger partial charge on any atom is -0.296 e. The van der Waals surface area contributed by atoms with E-state index in [1.807, 2.05) is 48.5 Å². The Hall–Kier alpha value is -2.15. The zero-order valence-electron chi connectivity index (χ0n) is 15.9. The second kappa shape index (κ2) is 7.61. The number of hydrogen-bond acceptors (Lipinski definition) is 1.